The number of carboxylic acids is 1. The smallest absolute Gasteiger partial charge is 0.407 e. The summed E-state index contributed by atoms with van der Waals surface area (Å²) in [5.74, 6) is -1.67. The third kappa shape index (κ3) is 1.79. The van der Waals surface area contributed by atoms with Crippen molar-refractivity contribution >= 4 is 17.8 Å². The van der Waals surface area contributed by atoms with Crippen LogP contribution in [-0.2, 0) is 9.59 Å². The Labute approximate surface area is 86.5 Å². The maximum Gasteiger partial charge on any atom is 0.407 e. The van der Waals surface area contributed by atoms with E-state index < -0.39 is 23.3 Å². The third-order valence-corrected chi connectivity index (χ3v) is 2.96. The monoisotopic (exact) mass is 215 g/mol. The average molecular weight is 215 g/mol. The third-order valence-electron chi connectivity index (χ3n) is 2.96. The first-order valence-electron chi connectivity index (χ1n) is 4.68. The van der Waals surface area contributed by atoms with Crippen molar-refractivity contribution in [1.29, 1.82) is 0 Å². The molecule has 1 aliphatic heterocycles. The summed E-state index contributed by atoms with van der Waals surface area (Å²) in [4.78, 5) is 34.2. The van der Waals surface area contributed by atoms with Gasteiger partial charge >= 0.3 is 12.1 Å². The molecule has 1 fully saturated rings. The summed E-state index contributed by atoms with van der Waals surface area (Å²) in [5.41, 5.74) is -1.38. The van der Waals surface area contributed by atoms with Gasteiger partial charge in [0.2, 0.25) is 0 Å². The van der Waals surface area contributed by atoms with Crippen LogP contribution in [0.5, 0.6) is 0 Å². The van der Waals surface area contributed by atoms with E-state index in [4.69, 9.17) is 10.2 Å². The largest absolute Gasteiger partial charge is 0.480 e. The second-order valence-electron chi connectivity index (χ2n) is 3.62. The van der Waals surface area contributed by atoms with Crippen LogP contribution in [0.15, 0.2) is 0 Å². The fraction of sp³-hybridized carbons (Fsp3) is 0.667. The van der Waals surface area contributed by atoms with Crippen molar-refractivity contribution in [3.63, 3.8) is 0 Å². The van der Waals surface area contributed by atoms with E-state index in [9.17, 15) is 14.4 Å². The van der Waals surface area contributed by atoms with Gasteiger partial charge in [0.15, 0.2) is 5.78 Å². The van der Waals surface area contributed by atoms with Gasteiger partial charge in [0.25, 0.3) is 0 Å². The molecular weight excluding hydrogens is 202 g/mol. The molecule has 15 heavy (non-hydrogen) atoms. The summed E-state index contributed by atoms with van der Waals surface area (Å²) in [6.07, 6.45) is -0.920. The van der Waals surface area contributed by atoms with Crippen LogP contribution in [0.1, 0.15) is 19.8 Å². The number of ketones is 1. The number of aliphatic carboxylic acids is 1. The summed E-state index contributed by atoms with van der Waals surface area (Å²) < 4.78 is 0. The Morgan fingerprint density at radius 3 is 2.40 bits per heavy atom. The van der Waals surface area contributed by atoms with E-state index in [1.165, 1.54) is 0 Å². The number of carboxylic acid groups (broad SMARTS) is 2. The highest BCUT2D eigenvalue weighted by Crippen LogP contribution is 2.32. The van der Waals surface area contributed by atoms with E-state index in [0.29, 0.717) is 0 Å². The van der Waals surface area contributed by atoms with Crippen molar-refractivity contribution in [2.45, 2.75) is 19.8 Å². The molecule has 0 radical (unpaired) electrons. The Bertz CT molecular complexity index is 314. The van der Waals surface area contributed by atoms with E-state index in [2.05, 4.69) is 0 Å². The number of nitrogens with zero attached hydrogens (tertiary/aromatic N) is 1. The lowest BCUT2D eigenvalue weighted by atomic mass is 9.75. The highest BCUT2D eigenvalue weighted by Gasteiger charge is 2.48. The lowest BCUT2D eigenvalue weighted by Gasteiger charge is -2.35. The van der Waals surface area contributed by atoms with Gasteiger partial charge in [-0.05, 0) is 12.8 Å². The number of piperidine rings is 1. The van der Waals surface area contributed by atoms with E-state index >= 15 is 0 Å². The van der Waals surface area contributed by atoms with E-state index in [-0.39, 0.29) is 25.9 Å². The number of amides is 1. The van der Waals surface area contributed by atoms with Crippen molar-refractivity contribution in [3.8, 4) is 0 Å². The normalized spacial score (nSPS) is 26.5. The lowest BCUT2D eigenvalue weighted by molar-refractivity contribution is -0.158. The van der Waals surface area contributed by atoms with Crippen LogP contribution < -0.4 is 0 Å². The van der Waals surface area contributed by atoms with E-state index in [1.807, 2.05) is 0 Å². The van der Waals surface area contributed by atoms with Crippen LogP contribution in [-0.4, -0.2) is 46.0 Å². The molecule has 0 aromatic rings. The summed E-state index contributed by atoms with van der Waals surface area (Å²) in [6.45, 7) is 1.40. The molecule has 0 bridgehead atoms. The van der Waals surface area contributed by atoms with E-state index in [0.717, 1.165) is 4.90 Å². The Balaban J connectivity index is 2.87. The quantitative estimate of drug-likeness (QED) is 0.651. The average Bonchev–Trinajstić information content (AvgIpc) is 2.17. The summed E-state index contributed by atoms with van der Waals surface area (Å²) in [6, 6.07) is 0. The molecule has 0 spiro atoms. The Morgan fingerprint density at radius 1 is 1.47 bits per heavy atom. The van der Waals surface area contributed by atoms with Gasteiger partial charge in [-0.2, -0.15) is 0 Å². The van der Waals surface area contributed by atoms with Crippen LogP contribution in [0.25, 0.3) is 0 Å². The van der Waals surface area contributed by atoms with Gasteiger partial charge in [0.05, 0.1) is 6.54 Å². The second kappa shape index (κ2) is 3.88. The molecule has 1 aliphatic rings. The first-order chi connectivity index (χ1) is 6.94. The fourth-order valence-electron chi connectivity index (χ4n) is 1.78. The molecule has 0 aliphatic carbocycles. The number of rotatable bonds is 2. The zero-order chi connectivity index (χ0) is 11.6. The fourth-order valence-corrected chi connectivity index (χ4v) is 1.78. The van der Waals surface area contributed by atoms with Crippen LogP contribution in [0.2, 0.25) is 0 Å². The van der Waals surface area contributed by atoms with Gasteiger partial charge in [0, 0.05) is 6.54 Å². The molecule has 1 amide bonds. The predicted molar refractivity (Wildman–Crippen MR) is 49.6 cm³/mol. The topological polar surface area (TPSA) is 94.9 Å². The number of Topliss-reactive ketones (excluding diaryl/α,β-unsaturated/α-hetero) is 1. The van der Waals surface area contributed by atoms with Crippen LogP contribution in [0.4, 0.5) is 4.79 Å². The molecule has 0 aromatic carbocycles. The molecule has 0 aromatic heterocycles. The second-order valence-corrected chi connectivity index (χ2v) is 3.62. The minimum atomic E-state index is -1.38. The molecule has 1 atom stereocenters. The minimum absolute atomic E-state index is 0.0595. The van der Waals surface area contributed by atoms with Crippen molar-refractivity contribution in [2.75, 3.05) is 13.1 Å². The molecular formula is C9H13NO5. The summed E-state index contributed by atoms with van der Waals surface area (Å²) in [5, 5.41) is 17.7. The van der Waals surface area contributed by atoms with E-state index in [1.54, 1.807) is 6.92 Å². The van der Waals surface area contributed by atoms with Crippen molar-refractivity contribution in [2.24, 2.45) is 5.41 Å². The predicted octanol–water partition coefficient (Wildman–Crippen LogP) is 0.420. The molecule has 1 saturated heterocycles. The molecule has 1 rings (SSSR count). The summed E-state index contributed by atoms with van der Waals surface area (Å²) >= 11 is 0. The number of hydrogen-bond donors (Lipinski definition) is 2. The molecule has 1 heterocycles. The van der Waals surface area contributed by atoms with Gasteiger partial charge in [0.1, 0.15) is 5.41 Å². The molecule has 84 valence electrons. The van der Waals surface area contributed by atoms with Crippen molar-refractivity contribution < 1.29 is 24.6 Å². The minimum Gasteiger partial charge on any atom is -0.480 e. The van der Waals surface area contributed by atoms with Gasteiger partial charge in [-0.3, -0.25) is 9.59 Å². The zero-order valence-corrected chi connectivity index (χ0v) is 8.39. The van der Waals surface area contributed by atoms with Gasteiger partial charge in [-0.15, -0.1) is 0 Å². The Hall–Kier alpha value is -1.59. The number of hydrogen-bond acceptors (Lipinski definition) is 3. The van der Waals surface area contributed by atoms with Gasteiger partial charge in [-0.25, -0.2) is 4.79 Å². The van der Waals surface area contributed by atoms with Crippen LogP contribution in [0, 0.1) is 5.41 Å². The van der Waals surface area contributed by atoms with Crippen LogP contribution >= 0.6 is 0 Å². The maximum atomic E-state index is 11.6. The molecule has 1 unspecified atom stereocenters. The number of carbonyl (C=O) groups excluding carboxylic acids is 1. The Morgan fingerprint density at radius 2 is 2.07 bits per heavy atom. The first kappa shape index (κ1) is 11.5. The highest BCUT2D eigenvalue weighted by molar-refractivity contribution is 6.05. The van der Waals surface area contributed by atoms with Crippen molar-refractivity contribution in [3.05, 3.63) is 0 Å². The van der Waals surface area contributed by atoms with Gasteiger partial charge < -0.3 is 15.1 Å². The van der Waals surface area contributed by atoms with Crippen molar-refractivity contribution in [1.82, 2.24) is 4.90 Å². The van der Waals surface area contributed by atoms with Crippen LogP contribution in [0.3, 0.4) is 0 Å². The molecule has 6 nitrogen and oxygen atoms in total. The summed E-state index contributed by atoms with van der Waals surface area (Å²) in [7, 11) is 0. The zero-order valence-electron chi connectivity index (χ0n) is 8.39. The SMILES string of the molecule is CCC1(C(=O)O)CCN(C(=O)O)CC1=O. The maximum absolute atomic E-state index is 11.6. The Kier molecular flexibility index (Phi) is 2.97. The first-order valence-corrected chi connectivity index (χ1v) is 4.68. The molecule has 2 N–H and O–H groups in total. The number of likely N-dealkylation sites (tertiary alicyclic amines) is 1. The lowest BCUT2D eigenvalue weighted by Crippen LogP contribution is -2.53. The number of carbonyl (C=O) groups is 3. The molecule has 0 saturated carbocycles. The van der Waals surface area contributed by atoms with Gasteiger partial charge in [-0.1, -0.05) is 6.92 Å². The standard InChI is InChI=1S/C9H13NO5/c1-2-9(7(12)13)3-4-10(8(14)15)5-6(9)11/h2-5H2,1H3,(H,12,13)(H,14,15). The highest BCUT2D eigenvalue weighted by atomic mass is 16.4. The molecule has 6 heteroatoms.